The summed E-state index contributed by atoms with van der Waals surface area (Å²) in [5.41, 5.74) is 5.31. The fraction of sp³-hybridized carbons (Fsp3) is 0.176. The molecule has 2 N–H and O–H groups in total. The van der Waals surface area contributed by atoms with Gasteiger partial charge in [-0.25, -0.2) is 4.39 Å². The fourth-order valence-corrected chi connectivity index (χ4v) is 1.87. The Morgan fingerprint density at radius 3 is 2.61 bits per heavy atom. The zero-order chi connectivity index (χ0) is 16.7. The molecule has 0 spiro atoms. The Kier molecular flexibility index (Phi) is 5.68. The van der Waals surface area contributed by atoms with E-state index in [9.17, 15) is 14.0 Å². The molecule has 120 valence electrons. The van der Waals surface area contributed by atoms with E-state index < -0.39 is 17.6 Å². The highest BCUT2D eigenvalue weighted by Crippen LogP contribution is 2.12. The van der Waals surface area contributed by atoms with Gasteiger partial charge in [-0.1, -0.05) is 24.3 Å². The second kappa shape index (κ2) is 7.93. The average Bonchev–Trinajstić information content (AvgIpc) is 2.53. The van der Waals surface area contributed by atoms with Crippen molar-refractivity contribution in [3.05, 3.63) is 65.5 Å². The third kappa shape index (κ3) is 5.10. The van der Waals surface area contributed by atoms with E-state index in [1.165, 1.54) is 24.3 Å². The number of halogens is 1. The average molecular weight is 316 g/mol. The van der Waals surface area contributed by atoms with Gasteiger partial charge in [-0.15, -0.1) is 0 Å². The van der Waals surface area contributed by atoms with Gasteiger partial charge in [0.05, 0.1) is 18.6 Å². The van der Waals surface area contributed by atoms with Crippen LogP contribution in [0.2, 0.25) is 0 Å². The number of rotatable bonds is 5. The van der Waals surface area contributed by atoms with Crippen LogP contribution in [-0.2, 0) is 4.79 Å². The molecule has 23 heavy (non-hydrogen) atoms. The largest absolute Gasteiger partial charge is 0.493 e. The molecule has 5 nitrogen and oxygen atoms in total. The topological polar surface area (TPSA) is 67.4 Å². The maximum atomic E-state index is 13.4. The molecule has 2 aromatic carbocycles. The van der Waals surface area contributed by atoms with Gasteiger partial charge in [0.1, 0.15) is 11.6 Å². The van der Waals surface area contributed by atoms with Gasteiger partial charge in [0.25, 0.3) is 5.91 Å². The predicted molar refractivity (Wildman–Crippen MR) is 83.3 cm³/mol. The Labute approximate surface area is 133 Å². The van der Waals surface area contributed by atoms with Crippen molar-refractivity contribution < 1.29 is 18.7 Å². The molecule has 2 rings (SSSR count). The first-order chi connectivity index (χ1) is 11.1. The Morgan fingerprint density at radius 2 is 1.87 bits per heavy atom. The second-order valence-electron chi connectivity index (χ2n) is 4.90. The number of carbonyl (C=O) groups excluding carboxylic acids is 2. The maximum Gasteiger partial charge on any atom is 0.272 e. The molecule has 0 fully saturated rings. The highest BCUT2D eigenvalue weighted by atomic mass is 19.1. The molecule has 0 aliphatic rings. The van der Waals surface area contributed by atoms with E-state index in [0.717, 1.165) is 5.56 Å². The van der Waals surface area contributed by atoms with E-state index in [-0.39, 0.29) is 18.6 Å². The number of carbonyl (C=O) groups is 2. The monoisotopic (exact) mass is 316 g/mol. The van der Waals surface area contributed by atoms with Crippen LogP contribution in [0.15, 0.2) is 48.5 Å². The first kappa shape index (κ1) is 16.5. The van der Waals surface area contributed by atoms with Gasteiger partial charge in [-0.2, -0.15) is 0 Å². The highest BCUT2D eigenvalue weighted by molar-refractivity contribution is 5.95. The molecule has 0 unspecified atom stereocenters. The molecule has 6 heteroatoms. The first-order valence-electron chi connectivity index (χ1n) is 7.09. The fourth-order valence-electron chi connectivity index (χ4n) is 1.87. The van der Waals surface area contributed by atoms with Crippen molar-refractivity contribution in [2.24, 2.45) is 0 Å². The molecule has 0 saturated heterocycles. The second-order valence-corrected chi connectivity index (χ2v) is 4.90. The lowest BCUT2D eigenvalue weighted by Gasteiger charge is -2.09. The molecule has 0 radical (unpaired) electrons. The minimum absolute atomic E-state index is 0.0610. The summed E-state index contributed by atoms with van der Waals surface area (Å²) in [5, 5.41) is 0. The third-order valence-corrected chi connectivity index (χ3v) is 3.02. The van der Waals surface area contributed by atoms with Crippen LogP contribution >= 0.6 is 0 Å². The summed E-state index contributed by atoms with van der Waals surface area (Å²) in [6.45, 7) is 2.11. The molecule has 2 aromatic rings. The van der Waals surface area contributed by atoms with Gasteiger partial charge in [0.15, 0.2) is 0 Å². The summed E-state index contributed by atoms with van der Waals surface area (Å²) in [6, 6.07) is 13.0. The van der Waals surface area contributed by atoms with Crippen molar-refractivity contribution in [2.45, 2.75) is 13.3 Å². The van der Waals surface area contributed by atoms with Crippen molar-refractivity contribution in [1.82, 2.24) is 10.9 Å². The van der Waals surface area contributed by atoms with Crippen LogP contribution in [-0.4, -0.2) is 18.4 Å². The predicted octanol–water partition coefficient (Wildman–Crippen LogP) is 2.36. The van der Waals surface area contributed by atoms with Crippen molar-refractivity contribution in [2.75, 3.05) is 6.61 Å². The lowest BCUT2D eigenvalue weighted by molar-refractivity contribution is -0.122. The molecule has 0 aliphatic heterocycles. The SMILES string of the molecule is Cc1cccc(OCCC(=O)NNC(=O)c2ccccc2F)c1. The Bertz CT molecular complexity index is 704. The molecule has 0 aromatic heterocycles. The van der Waals surface area contributed by atoms with Crippen LogP contribution in [0.5, 0.6) is 5.75 Å². The Hall–Kier alpha value is -2.89. The number of nitrogens with one attached hydrogen (secondary N) is 2. The van der Waals surface area contributed by atoms with Crippen LogP contribution in [0.25, 0.3) is 0 Å². The normalized spacial score (nSPS) is 10.0. The third-order valence-electron chi connectivity index (χ3n) is 3.02. The van der Waals surface area contributed by atoms with Gasteiger partial charge >= 0.3 is 0 Å². The van der Waals surface area contributed by atoms with E-state index in [2.05, 4.69) is 10.9 Å². The van der Waals surface area contributed by atoms with E-state index in [0.29, 0.717) is 5.75 Å². The summed E-state index contributed by atoms with van der Waals surface area (Å²) in [7, 11) is 0. The number of amides is 2. The Balaban J connectivity index is 1.73. The summed E-state index contributed by atoms with van der Waals surface area (Å²) in [4.78, 5) is 23.3. The summed E-state index contributed by atoms with van der Waals surface area (Å²) in [5.74, 6) is -1.12. The molecule has 0 heterocycles. The van der Waals surface area contributed by atoms with Crippen LogP contribution in [0.3, 0.4) is 0 Å². The summed E-state index contributed by atoms with van der Waals surface area (Å²) < 4.78 is 18.8. The maximum absolute atomic E-state index is 13.4. The Morgan fingerprint density at radius 1 is 1.09 bits per heavy atom. The summed E-state index contributed by atoms with van der Waals surface area (Å²) in [6.07, 6.45) is 0.0610. The molecule has 0 saturated carbocycles. The summed E-state index contributed by atoms with van der Waals surface area (Å²) >= 11 is 0. The number of hydrogen-bond donors (Lipinski definition) is 2. The van der Waals surface area contributed by atoms with Crippen molar-refractivity contribution in [3.63, 3.8) is 0 Å². The highest BCUT2D eigenvalue weighted by Gasteiger charge is 2.11. The van der Waals surface area contributed by atoms with E-state index in [1.807, 2.05) is 25.1 Å². The quantitative estimate of drug-likeness (QED) is 0.832. The van der Waals surface area contributed by atoms with E-state index in [4.69, 9.17) is 4.74 Å². The molecular formula is C17H17FN2O3. The van der Waals surface area contributed by atoms with Gasteiger partial charge in [0, 0.05) is 0 Å². The van der Waals surface area contributed by atoms with E-state index >= 15 is 0 Å². The molecular weight excluding hydrogens is 299 g/mol. The number of hydrazine groups is 1. The standard InChI is InChI=1S/C17H17FN2O3/c1-12-5-4-6-13(11-12)23-10-9-16(21)19-20-17(22)14-7-2-3-8-15(14)18/h2-8,11H,9-10H2,1H3,(H,19,21)(H,20,22). The number of benzene rings is 2. The van der Waals surface area contributed by atoms with Gasteiger partial charge in [-0.05, 0) is 36.8 Å². The molecule has 2 amide bonds. The van der Waals surface area contributed by atoms with Crippen LogP contribution in [0.1, 0.15) is 22.3 Å². The van der Waals surface area contributed by atoms with Crippen molar-refractivity contribution in [3.8, 4) is 5.75 Å². The van der Waals surface area contributed by atoms with Crippen LogP contribution in [0, 0.1) is 12.7 Å². The van der Waals surface area contributed by atoms with Crippen LogP contribution < -0.4 is 15.6 Å². The van der Waals surface area contributed by atoms with Crippen LogP contribution in [0.4, 0.5) is 4.39 Å². The van der Waals surface area contributed by atoms with E-state index in [1.54, 1.807) is 6.07 Å². The minimum atomic E-state index is -0.712. The molecule has 0 atom stereocenters. The first-order valence-corrected chi connectivity index (χ1v) is 7.09. The number of ether oxygens (including phenoxy) is 1. The lowest BCUT2D eigenvalue weighted by atomic mass is 10.2. The van der Waals surface area contributed by atoms with Gasteiger partial charge in [-0.3, -0.25) is 20.4 Å². The molecule has 0 aliphatic carbocycles. The number of aryl methyl sites for hydroxylation is 1. The van der Waals surface area contributed by atoms with Crippen molar-refractivity contribution in [1.29, 1.82) is 0 Å². The number of hydrogen-bond acceptors (Lipinski definition) is 3. The lowest BCUT2D eigenvalue weighted by Crippen LogP contribution is -2.42. The van der Waals surface area contributed by atoms with Crippen molar-refractivity contribution >= 4 is 11.8 Å². The zero-order valence-corrected chi connectivity index (χ0v) is 12.6. The zero-order valence-electron chi connectivity index (χ0n) is 12.6. The molecule has 0 bridgehead atoms. The van der Waals surface area contributed by atoms with Gasteiger partial charge < -0.3 is 4.74 Å². The minimum Gasteiger partial charge on any atom is -0.493 e. The smallest absolute Gasteiger partial charge is 0.272 e. The van der Waals surface area contributed by atoms with Gasteiger partial charge in [0.2, 0.25) is 5.91 Å².